The summed E-state index contributed by atoms with van der Waals surface area (Å²) in [4.78, 5) is 0. The van der Waals surface area contributed by atoms with Crippen molar-refractivity contribution in [2.24, 2.45) is 17.7 Å². The molecule has 1 fully saturated rings. The molecule has 0 saturated carbocycles. The van der Waals surface area contributed by atoms with Crippen LogP contribution in [0.4, 0.5) is 0 Å². The average Bonchev–Trinajstić information content (AvgIpc) is 2.29. The Labute approximate surface area is 98.7 Å². The quantitative estimate of drug-likeness (QED) is 0.544. The average molecular weight is 230 g/mol. The van der Waals surface area contributed by atoms with E-state index < -0.39 is 0 Å². The lowest BCUT2D eigenvalue weighted by molar-refractivity contribution is 0.318. The number of hydrogen-bond donors (Lipinski definition) is 2. The van der Waals surface area contributed by atoms with Gasteiger partial charge in [0.05, 0.1) is 0 Å². The molecule has 0 aromatic heterocycles. The molecule has 0 spiro atoms. The van der Waals surface area contributed by atoms with Crippen molar-refractivity contribution in [1.29, 1.82) is 0 Å². The number of rotatable bonds is 6. The summed E-state index contributed by atoms with van der Waals surface area (Å²) in [5.41, 5.74) is 3.01. The third-order valence-corrected chi connectivity index (χ3v) is 4.63. The van der Waals surface area contributed by atoms with Crippen LogP contribution in [-0.4, -0.2) is 17.5 Å². The first kappa shape index (κ1) is 13.3. The van der Waals surface area contributed by atoms with E-state index in [0.717, 1.165) is 11.8 Å². The highest BCUT2D eigenvalue weighted by molar-refractivity contribution is 7.99. The van der Waals surface area contributed by atoms with Crippen molar-refractivity contribution in [3.05, 3.63) is 0 Å². The zero-order chi connectivity index (χ0) is 11.1. The van der Waals surface area contributed by atoms with E-state index in [1.165, 1.54) is 43.6 Å². The van der Waals surface area contributed by atoms with Gasteiger partial charge in [0.1, 0.15) is 0 Å². The van der Waals surface area contributed by atoms with E-state index in [1.54, 1.807) is 0 Å². The second-order valence-corrected chi connectivity index (χ2v) is 6.13. The van der Waals surface area contributed by atoms with Crippen LogP contribution in [0.1, 0.15) is 46.0 Å². The smallest absolute Gasteiger partial charge is 0.0215 e. The highest BCUT2D eigenvalue weighted by atomic mass is 32.2. The van der Waals surface area contributed by atoms with Gasteiger partial charge in [-0.2, -0.15) is 11.8 Å². The molecule has 0 bridgehead atoms. The molecule has 90 valence electrons. The fraction of sp³-hybridized carbons (Fsp3) is 1.00. The zero-order valence-electron chi connectivity index (χ0n) is 10.2. The number of hydrazine groups is 1. The van der Waals surface area contributed by atoms with E-state index >= 15 is 0 Å². The SMILES string of the molecule is CCC(C)CC(CC1CCSCC1)NN. The van der Waals surface area contributed by atoms with E-state index in [1.807, 2.05) is 0 Å². The highest BCUT2D eigenvalue weighted by Crippen LogP contribution is 2.27. The number of nitrogens with two attached hydrogens (primary N) is 1. The van der Waals surface area contributed by atoms with Crippen LogP contribution >= 0.6 is 11.8 Å². The Morgan fingerprint density at radius 2 is 2.07 bits per heavy atom. The molecule has 1 heterocycles. The summed E-state index contributed by atoms with van der Waals surface area (Å²) < 4.78 is 0. The fourth-order valence-corrected chi connectivity index (χ4v) is 3.47. The van der Waals surface area contributed by atoms with E-state index in [-0.39, 0.29) is 0 Å². The van der Waals surface area contributed by atoms with Crippen molar-refractivity contribution in [2.75, 3.05) is 11.5 Å². The van der Waals surface area contributed by atoms with Crippen LogP contribution in [0.15, 0.2) is 0 Å². The molecule has 2 nitrogen and oxygen atoms in total. The van der Waals surface area contributed by atoms with Crippen LogP contribution in [0.2, 0.25) is 0 Å². The van der Waals surface area contributed by atoms with Gasteiger partial charge in [0.2, 0.25) is 0 Å². The second-order valence-electron chi connectivity index (χ2n) is 4.90. The third kappa shape index (κ3) is 5.23. The molecule has 1 aliphatic rings. The van der Waals surface area contributed by atoms with Crippen LogP contribution in [0.5, 0.6) is 0 Å². The lowest BCUT2D eigenvalue weighted by Crippen LogP contribution is -2.38. The lowest BCUT2D eigenvalue weighted by atomic mass is 9.89. The first-order valence-electron chi connectivity index (χ1n) is 6.30. The molecule has 0 aromatic rings. The summed E-state index contributed by atoms with van der Waals surface area (Å²) in [5, 5.41) is 0. The molecule has 2 atom stereocenters. The predicted molar refractivity (Wildman–Crippen MR) is 69.8 cm³/mol. The number of nitrogens with one attached hydrogen (secondary N) is 1. The molecule has 0 aromatic carbocycles. The molecule has 0 amide bonds. The van der Waals surface area contributed by atoms with Crippen molar-refractivity contribution in [1.82, 2.24) is 5.43 Å². The van der Waals surface area contributed by atoms with Crippen LogP contribution < -0.4 is 11.3 Å². The minimum atomic E-state index is 0.535. The summed E-state index contributed by atoms with van der Waals surface area (Å²) in [6.45, 7) is 4.58. The standard InChI is InChI=1S/C12H26N2S/c1-3-10(2)8-12(14-13)9-11-4-6-15-7-5-11/h10-12,14H,3-9,13H2,1-2H3. The van der Waals surface area contributed by atoms with Gasteiger partial charge in [0.15, 0.2) is 0 Å². The van der Waals surface area contributed by atoms with Crippen molar-refractivity contribution in [3.8, 4) is 0 Å². The zero-order valence-corrected chi connectivity index (χ0v) is 11.0. The van der Waals surface area contributed by atoms with Crippen LogP contribution in [-0.2, 0) is 0 Å². The minimum Gasteiger partial charge on any atom is -0.271 e. The van der Waals surface area contributed by atoms with Gasteiger partial charge in [0, 0.05) is 6.04 Å². The van der Waals surface area contributed by atoms with E-state index in [0.29, 0.717) is 6.04 Å². The van der Waals surface area contributed by atoms with Gasteiger partial charge in [-0.3, -0.25) is 11.3 Å². The normalized spacial score (nSPS) is 22.6. The number of thioether (sulfide) groups is 1. The summed E-state index contributed by atoms with van der Waals surface area (Å²) in [5.74, 6) is 10.1. The Balaban J connectivity index is 2.25. The Morgan fingerprint density at radius 3 is 2.60 bits per heavy atom. The molecule has 1 aliphatic heterocycles. The summed E-state index contributed by atoms with van der Waals surface area (Å²) in [6.07, 6.45) is 6.56. The maximum Gasteiger partial charge on any atom is 0.0215 e. The molecule has 2 unspecified atom stereocenters. The molecular formula is C12H26N2S. The third-order valence-electron chi connectivity index (χ3n) is 3.58. The maximum absolute atomic E-state index is 5.64. The van der Waals surface area contributed by atoms with Gasteiger partial charge >= 0.3 is 0 Å². The Bertz CT molecular complexity index is 158. The second kappa shape index (κ2) is 7.53. The topological polar surface area (TPSA) is 38.0 Å². The van der Waals surface area contributed by atoms with Gasteiger partial charge < -0.3 is 0 Å². The highest BCUT2D eigenvalue weighted by Gasteiger charge is 2.19. The molecule has 1 rings (SSSR count). The molecular weight excluding hydrogens is 204 g/mol. The summed E-state index contributed by atoms with van der Waals surface area (Å²) in [7, 11) is 0. The van der Waals surface area contributed by atoms with E-state index in [9.17, 15) is 0 Å². The molecule has 3 heteroatoms. The minimum absolute atomic E-state index is 0.535. The predicted octanol–water partition coefficient (Wildman–Crippen LogP) is 2.79. The number of hydrogen-bond acceptors (Lipinski definition) is 3. The first-order chi connectivity index (χ1) is 7.26. The summed E-state index contributed by atoms with van der Waals surface area (Å²) >= 11 is 2.10. The van der Waals surface area contributed by atoms with Crippen molar-refractivity contribution in [3.63, 3.8) is 0 Å². The molecule has 1 saturated heterocycles. The Kier molecular flexibility index (Phi) is 6.69. The van der Waals surface area contributed by atoms with Gasteiger partial charge in [-0.15, -0.1) is 0 Å². The molecule has 15 heavy (non-hydrogen) atoms. The Morgan fingerprint density at radius 1 is 1.40 bits per heavy atom. The van der Waals surface area contributed by atoms with Gasteiger partial charge in [-0.1, -0.05) is 20.3 Å². The van der Waals surface area contributed by atoms with Crippen LogP contribution in [0, 0.1) is 11.8 Å². The maximum atomic E-state index is 5.64. The molecule has 0 radical (unpaired) electrons. The van der Waals surface area contributed by atoms with E-state index in [2.05, 4.69) is 31.0 Å². The van der Waals surface area contributed by atoms with Gasteiger partial charge in [-0.25, -0.2) is 0 Å². The van der Waals surface area contributed by atoms with Crippen LogP contribution in [0.25, 0.3) is 0 Å². The summed E-state index contributed by atoms with van der Waals surface area (Å²) in [6, 6.07) is 0.535. The van der Waals surface area contributed by atoms with E-state index in [4.69, 9.17) is 5.84 Å². The molecule has 0 aliphatic carbocycles. The fourth-order valence-electron chi connectivity index (χ4n) is 2.27. The van der Waals surface area contributed by atoms with Gasteiger partial charge in [0.25, 0.3) is 0 Å². The van der Waals surface area contributed by atoms with Crippen molar-refractivity contribution >= 4 is 11.8 Å². The van der Waals surface area contributed by atoms with Crippen LogP contribution in [0.3, 0.4) is 0 Å². The largest absolute Gasteiger partial charge is 0.271 e. The van der Waals surface area contributed by atoms with Gasteiger partial charge in [-0.05, 0) is 49.0 Å². The lowest BCUT2D eigenvalue weighted by Gasteiger charge is -2.27. The van der Waals surface area contributed by atoms with Crippen molar-refractivity contribution in [2.45, 2.75) is 52.0 Å². The first-order valence-corrected chi connectivity index (χ1v) is 7.45. The monoisotopic (exact) mass is 230 g/mol. The molecule has 3 N–H and O–H groups in total. The Hall–Kier alpha value is 0.270. The van der Waals surface area contributed by atoms with Crippen molar-refractivity contribution < 1.29 is 0 Å².